The molecule has 0 saturated carbocycles. The van der Waals surface area contributed by atoms with Gasteiger partial charge in [0.2, 0.25) is 5.91 Å². The van der Waals surface area contributed by atoms with Gasteiger partial charge in [-0.2, -0.15) is 0 Å². The third-order valence-corrected chi connectivity index (χ3v) is 5.59. The smallest absolute Gasteiger partial charge is 0.246 e. The minimum absolute atomic E-state index is 0.0587. The highest BCUT2D eigenvalue weighted by atomic mass is 16.5. The number of carbonyl (C=O) groups excluding carboxylic acids is 1. The van der Waals surface area contributed by atoms with Crippen molar-refractivity contribution in [2.24, 2.45) is 0 Å². The molecule has 4 rings (SSSR count). The molecule has 2 aromatic rings. The van der Waals surface area contributed by atoms with Crippen molar-refractivity contribution in [2.75, 3.05) is 19.8 Å². The molecule has 6 heteroatoms. The van der Waals surface area contributed by atoms with E-state index in [4.69, 9.17) is 14.2 Å². The van der Waals surface area contributed by atoms with Gasteiger partial charge in [0.25, 0.3) is 0 Å². The van der Waals surface area contributed by atoms with Crippen LogP contribution in [-0.2, 0) is 22.5 Å². The zero-order chi connectivity index (χ0) is 21.6. The van der Waals surface area contributed by atoms with E-state index in [2.05, 4.69) is 11.9 Å². The van der Waals surface area contributed by atoms with Crippen LogP contribution in [-0.4, -0.2) is 47.8 Å². The Balaban J connectivity index is 1.53. The molecule has 1 aromatic heterocycles. The highest BCUT2D eigenvalue weighted by molar-refractivity contribution is 5.92. The Morgan fingerprint density at radius 1 is 1.39 bits per heavy atom. The van der Waals surface area contributed by atoms with E-state index in [1.54, 1.807) is 18.5 Å². The molecule has 0 N–H and O–H groups in total. The van der Waals surface area contributed by atoms with E-state index in [0.717, 1.165) is 54.1 Å². The molecule has 1 aromatic carbocycles. The molecule has 0 aliphatic carbocycles. The van der Waals surface area contributed by atoms with Crippen LogP contribution in [0.1, 0.15) is 43.4 Å². The number of ether oxygens (including phenoxy) is 3. The van der Waals surface area contributed by atoms with Gasteiger partial charge >= 0.3 is 0 Å². The van der Waals surface area contributed by atoms with Crippen molar-refractivity contribution in [1.29, 1.82) is 0 Å². The molecule has 2 atom stereocenters. The molecular formula is C25H30N2O4. The van der Waals surface area contributed by atoms with E-state index < -0.39 is 0 Å². The summed E-state index contributed by atoms with van der Waals surface area (Å²) in [6.45, 7) is 6.42. The average molecular weight is 423 g/mol. The van der Waals surface area contributed by atoms with Crippen LogP contribution >= 0.6 is 0 Å². The first kappa shape index (κ1) is 21.4. The van der Waals surface area contributed by atoms with Crippen molar-refractivity contribution in [3.8, 4) is 11.5 Å². The number of rotatable bonds is 8. The molecule has 6 nitrogen and oxygen atoms in total. The molecule has 1 saturated heterocycles. The van der Waals surface area contributed by atoms with E-state index in [9.17, 15) is 4.79 Å². The topological polar surface area (TPSA) is 60.9 Å². The van der Waals surface area contributed by atoms with E-state index in [-0.39, 0.29) is 18.1 Å². The number of benzene rings is 1. The third-order valence-electron chi connectivity index (χ3n) is 5.59. The summed E-state index contributed by atoms with van der Waals surface area (Å²) in [6, 6.07) is 7.88. The van der Waals surface area contributed by atoms with Gasteiger partial charge in [0, 0.05) is 55.7 Å². The molecule has 1 fully saturated rings. The van der Waals surface area contributed by atoms with Crippen LogP contribution < -0.4 is 9.47 Å². The summed E-state index contributed by atoms with van der Waals surface area (Å²) in [7, 11) is 0. The van der Waals surface area contributed by atoms with Crippen molar-refractivity contribution in [1.82, 2.24) is 9.88 Å². The summed E-state index contributed by atoms with van der Waals surface area (Å²) >= 11 is 0. The van der Waals surface area contributed by atoms with E-state index in [1.165, 1.54) is 0 Å². The van der Waals surface area contributed by atoms with Crippen molar-refractivity contribution < 1.29 is 19.0 Å². The summed E-state index contributed by atoms with van der Waals surface area (Å²) in [5.41, 5.74) is 3.00. The fourth-order valence-electron chi connectivity index (χ4n) is 4.11. The Morgan fingerprint density at radius 3 is 3.03 bits per heavy atom. The SMILES string of the molecule is CCOc1cc2c(cc1/C=C/C(=O)N(Cc1cccnc1)CC1CCCO1)OC(C)C2. The normalized spacial score (nSPS) is 19.9. The fraction of sp³-hybridized carbons (Fsp3) is 0.440. The van der Waals surface area contributed by atoms with Crippen LogP contribution in [0.4, 0.5) is 0 Å². The minimum Gasteiger partial charge on any atom is -0.493 e. The largest absolute Gasteiger partial charge is 0.493 e. The standard InChI is InChI=1S/C25H30N2O4/c1-3-29-23-14-21-12-18(2)31-24(21)13-20(23)8-9-25(28)27(17-22-7-5-11-30-22)16-19-6-4-10-26-15-19/h4,6,8-10,13-15,18,22H,3,5,7,11-12,16-17H2,1-2H3/b9-8+. The second-order valence-electron chi connectivity index (χ2n) is 8.11. The molecular weight excluding hydrogens is 392 g/mol. The van der Waals surface area contributed by atoms with Gasteiger partial charge in [-0.05, 0) is 56.5 Å². The summed E-state index contributed by atoms with van der Waals surface area (Å²) in [5, 5.41) is 0. The highest BCUT2D eigenvalue weighted by Crippen LogP contribution is 2.35. The van der Waals surface area contributed by atoms with Crippen molar-refractivity contribution in [3.63, 3.8) is 0 Å². The predicted octanol–water partition coefficient (Wildman–Crippen LogP) is 4.02. The number of hydrogen-bond donors (Lipinski definition) is 0. The van der Waals surface area contributed by atoms with Crippen LogP contribution in [0.3, 0.4) is 0 Å². The molecule has 0 bridgehead atoms. The van der Waals surface area contributed by atoms with Gasteiger partial charge in [0.15, 0.2) is 0 Å². The number of amides is 1. The maximum atomic E-state index is 13.2. The first-order valence-electron chi connectivity index (χ1n) is 11.1. The van der Waals surface area contributed by atoms with Crippen LogP contribution in [0.2, 0.25) is 0 Å². The highest BCUT2D eigenvalue weighted by Gasteiger charge is 2.23. The molecule has 3 heterocycles. The van der Waals surface area contributed by atoms with Crippen LogP contribution in [0.5, 0.6) is 11.5 Å². The van der Waals surface area contributed by atoms with Gasteiger partial charge < -0.3 is 19.1 Å². The van der Waals surface area contributed by atoms with E-state index >= 15 is 0 Å². The summed E-state index contributed by atoms with van der Waals surface area (Å²) in [6.07, 6.45) is 10.1. The maximum Gasteiger partial charge on any atom is 0.246 e. The number of nitrogens with zero attached hydrogens (tertiary/aromatic N) is 2. The quantitative estimate of drug-likeness (QED) is 0.601. The zero-order valence-electron chi connectivity index (χ0n) is 18.3. The Morgan fingerprint density at radius 2 is 2.29 bits per heavy atom. The predicted molar refractivity (Wildman–Crippen MR) is 119 cm³/mol. The van der Waals surface area contributed by atoms with Crippen LogP contribution in [0, 0.1) is 0 Å². The first-order valence-corrected chi connectivity index (χ1v) is 11.1. The lowest BCUT2D eigenvalue weighted by Gasteiger charge is -2.24. The van der Waals surface area contributed by atoms with Gasteiger partial charge in [0.05, 0.1) is 12.7 Å². The zero-order valence-corrected chi connectivity index (χ0v) is 18.3. The molecule has 2 aliphatic heterocycles. The Bertz CT molecular complexity index is 923. The van der Waals surface area contributed by atoms with Crippen molar-refractivity contribution >= 4 is 12.0 Å². The molecule has 0 spiro atoms. The second-order valence-corrected chi connectivity index (χ2v) is 8.11. The number of aromatic nitrogens is 1. The summed E-state index contributed by atoms with van der Waals surface area (Å²) < 4.78 is 17.5. The third kappa shape index (κ3) is 5.44. The van der Waals surface area contributed by atoms with Gasteiger partial charge in [-0.15, -0.1) is 0 Å². The maximum absolute atomic E-state index is 13.2. The van der Waals surface area contributed by atoms with Crippen molar-refractivity contribution in [3.05, 3.63) is 59.4 Å². The Hall–Kier alpha value is -2.86. The second kappa shape index (κ2) is 9.96. The lowest BCUT2D eigenvalue weighted by Crippen LogP contribution is -2.35. The lowest BCUT2D eigenvalue weighted by atomic mass is 10.1. The summed E-state index contributed by atoms with van der Waals surface area (Å²) in [4.78, 5) is 19.2. The molecule has 2 unspecified atom stereocenters. The van der Waals surface area contributed by atoms with Crippen molar-refractivity contribution in [2.45, 2.75) is 51.9 Å². The van der Waals surface area contributed by atoms with Gasteiger partial charge in [-0.3, -0.25) is 9.78 Å². The molecule has 2 aliphatic rings. The van der Waals surface area contributed by atoms with Gasteiger partial charge in [-0.1, -0.05) is 6.07 Å². The number of carbonyl (C=O) groups is 1. The number of fused-ring (bicyclic) bond motifs is 1. The van der Waals surface area contributed by atoms with Gasteiger partial charge in [0.1, 0.15) is 17.6 Å². The Kier molecular flexibility index (Phi) is 6.87. The van der Waals surface area contributed by atoms with Gasteiger partial charge in [-0.25, -0.2) is 0 Å². The molecule has 0 radical (unpaired) electrons. The number of hydrogen-bond acceptors (Lipinski definition) is 5. The number of pyridine rings is 1. The summed E-state index contributed by atoms with van der Waals surface area (Å²) in [5.74, 6) is 1.59. The van der Waals surface area contributed by atoms with Crippen LogP contribution in [0.15, 0.2) is 42.7 Å². The molecule has 31 heavy (non-hydrogen) atoms. The Labute approximate surface area is 183 Å². The lowest BCUT2D eigenvalue weighted by molar-refractivity contribution is -0.128. The monoisotopic (exact) mass is 422 g/mol. The van der Waals surface area contributed by atoms with Crippen LogP contribution in [0.25, 0.3) is 6.08 Å². The average Bonchev–Trinajstić information content (AvgIpc) is 3.40. The van der Waals surface area contributed by atoms with E-state index in [1.807, 2.05) is 42.2 Å². The minimum atomic E-state index is -0.0587. The van der Waals surface area contributed by atoms with E-state index in [0.29, 0.717) is 19.7 Å². The first-order chi connectivity index (χ1) is 15.1. The fourth-order valence-corrected chi connectivity index (χ4v) is 4.11. The molecule has 164 valence electrons. The molecule has 1 amide bonds.